The minimum Gasteiger partial charge on any atom is -0.409 e. The molecule has 0 aromatic carbocycles. The Kier molecular flexibility index (Phi) is 4.69. The van der Waals surface area contributed by atoms with Crippen LogP contribution < -0.4 is 5.73 Å². The van der Waals surface area contributed by atoms with Crippen LogP contribution in [-0.4, -0.2) is 41.8 Å². The van der Waals surface area contributed by atoms with Crippen LogP contribution in [0.2, 0.25) is 0 Å². The van der Waals surface area contributed by atoms with Gasteiger partial charge in [-0.15, -0.1) is 0 Å². The molecule has 0 fully saturated rings. The lowest BCUT2D eigenvalue weighted by Crippen LogP contribution is -2.39. The maximum absolute atomic E-state index is 11.9. The number of oxime groups is 1. The third-order valence-corrected chi connectivity index (χ3v) is 1.81. The van der Waals surface area contributed by atoms with Crippen molar-refractivity contribution < 1.29 is 18.4 Å². The average Bonchev–Trinajstić information content (AvgIpc) is 2.00. The molecule has 0 aliphatic rings. The largest absolute Gasteiger partial charge is 0.409 e. The van der Waals surface area contributed by atoms with Crippen LogP contribution in [0.4, 0.5) is 13.2 Å². The Labute approximate surface area is 80.2 Å². The van der Waals surface area contributed by atoms with Crippen LogP contribution >= 0.6 is 0 Å². The van der Waals surface area contributed by atoms with Crippen LogP contribution in [-0.2, 0) is 0 Å². The molecule has 84 valence electrons. The third-order valence-electron chi connectivity index (χ3n) is 1.81. The van der Waals surface area contributed by atoms with Crippen LogP contribution in [0.3, 0.4) is 0 Å². The topological polar surface area (TPSA) is 61.9 Å². The Hall–Kier alpha value is -0.980. The summed E-state index contributed by atoms with van der Waals surface area (Å²) < 4.78 is 35.8. The zero-order valence-electron chi connectivity index (χ0n) is 8.04. The minimum absolute atomic E-state index is 0.0773. The fourth-order valence-electron chi connectivity index (χ4n) is 0.938. The van der Waals surface area contributed by atoms with Gasteiger partial charge in [-0.2, -0.15) is 13.2 Å². The molecule has 1 unspecified atom stereocenters. The summed E-state index contributed by atoms with van der Waals surface area (Å²) in [7, 11) is 1.34. The third kappa shape index (κ3) is 5.63. The number of hydrogen-bond acceptors (Lipinski definition) is 3. The van der Waals surface area contributed by atoms with E-state index in [1.54, 1.807) is 6.92 Å². The van der Waals surface area contributed by atoms with Crippen molar-refractivity contribution in [1.82, 2.24) is 4.90 Å². The molecular formula is C7H14F3N3O. The molecule has 0 rings (SSSR count). The molecule has 4 nitrogen and oxygen atoms in total. The summed E-state index contributed by atoms with van der Waals surface area (Å²) in [6.07, 6.45) is -4.13. The Morgan fingerprint density at radius 3 is 2.43 bits per heavy atom. The quantitative estimate of drug-likeness (QED) is 0.317. The zero-order valence-corrected chi connectivity index (χ0v) is 8.04. The van der Waals surface area contributed by atoms with Gasteiger partial charge in [-0.05, 0) is 14.0 Å². The molecule has 1 atom stereocenters. The van der Waals surface area contributed by atoms with E-state index in [0.717, 1.165) is 4.90 Å². The SMILES string of the molecule is CC(CC(N)=NO)N(C)CC(F)(F)F. The molecule has 0 bridgehead atoms. The fraction of sp³-hybridized carbons (Fsp3) is 0.857. The van der Waals surface area contributed by atoms with Gasteiger partial charge in [-0.1, -0.05) is 5.16 Å². The predicted molar refractivity (Wildman–Crippen MR) is 46.2 cm³/mol. The van der Waals surface area contributed by atoms with Crippen LogP contribution in [0.5, 0.6) is 0 Å². The minimum atomic E-state index is -4.23. The lowest BCUT2D eigenvalue weighted by atomic mass is 10.2. The molecule has 0 saturated carbocycles. The highest BCUT2D eigenvalue weighted by Gasteiger charge is 2.30. The van der Waals surface area contributed by atoms with Crippen molar-refractivity contribution in [3.8, 4) is 0 Å². The molecule has 0 radical (unpaired) electrons. The number of alkyl halides is 3. The summed E-state index contributed by atoms with van der Waals surface area (Å²) in [4.78, 5) is 1.10. The lowest BCUT2D eigenvalue weighted by molar-refractivity contribution is -0.146. The Morgan fingerprint density at radius 1 is 1.57 bits per heavy atom. The zero-order chi connectivity index (χ0) is 11.4. The molecule has 0 amide bonds. The second-order valence-corrected chi connectivity index (χ2v) is 3.17. The molecule has 0 saturated heterocycles. The highest BCUT2D eigenvalue weighted by Crippen LogP contribution is 2.17. The van der Waals surface area contributed by atoms with E-state index in [2.05, 4.69) is 5.16 Å². The van der Waals surface area contributed by atoms with Gasteiger partial charge in [0.1, 0.15) is 5.84 Å². The Bertz CT molecular complexity index is 205. The van der Waals surface area contributed by atoms with Crippen molar-refractivity contribution in [1.29, 1.82) is 0 Å². The monoisotopic (exact) mass is 213 g/mol. The van der Waals surface area contributed by atoms with Crippen LogP contribution in [0.15, 0.2) is 5.16 Å². The molecule has 14 heavy (non-hydrogen) atoms. The summed E-state index contributed by atoms with van der Waals surface area (Å²) in [6, 6.07) is -0.424. The van der Waals surface area contributed by atoms with Crippen LogP contribution in [0, 0.1) is 0 Å². The number of halogens is 3. The van der Waals surface area contributed by atoms with E-state index in [0.29, 0.717) is 0 Å². The molecule has 7 heteroatoms. The van der Waals surface area contributed by atoms with E-state index in [-0.39, 0.29) is 12.3 Å². The second kappa shape index (κ2) is 5.04. The summed E-state index contributed by atoms with van der Waals surface area (Å²) in [5, 5.41) is 10.9. The van der Waals surface area contributed by atoms with Gasteiger partial charge in [-0.3, -0.25) is 4.90 Å². The highest BCUT2D eigenvalue weighted by molar-refractivity contribution is 5.80. The van der Waals surface area contributed by atoms with Crippen LogP contribution in [0.1, 0.15) is 13.3 Å². The number of nitrogens with two attached hydrogens (primary N) is 1. The first-order chi connectivity index (χ1) is 6.26. The molecule has 0 aliphatic heterocycles. The molecule has 3 N–H and O–H groups in total. The van der Waals surface area contributed by atoms with Crippen molar-refractivity contribution >= 4 is 5.84 Å². The maximum Gasteiger partial charge on any atom is 0.401 e. The van der Waals surface area contributed by atoms with Gasteiger partial charge >= 0.3 is 6.18 Å². The van der Waals surface area contributed by atoms with Gasteiger partial charge in [0, 0.05) is 12.5 Å². The average molecular weight is 213 g/mol. The first-order valence-corrected chi connectivity index (χ1v) is 3.99. The summed E-state index contributed by atoms with van der Waals surface area (Å²) in [5.74, 6) is -0.0773. The predicted octanol–water partition coefficient (Wildman–Crippen LogP) is 1.01. The van der Waals surface area contributed by atoms with Gasteiger partial charge in [0.15, 0.2) is 0 Å². The van der Waals surface area contributed by atoms with Gasteiger partial charge in [0.25, 0.3) is 0 Å². The van der Waals surface area contributed by atoms with Gasteiger partial charge in [0.2, 0.25) is 0 Å². The van der Waals surface area contributed by atoms with Gasteiger partial charge in [-0.25, -0.2) is 0 Å². The van der Waals surface area contributed by atoms with E-state index in [9.17, 15) is 13.2 Å². The number of nitrogens with zero attached hydrogens (tertiary/aromatic N) is 2. The molecule has 0 aromatic heterocycles. The lowest BCUT2D eigenvalue weighted by Gasteiger charge is -2.25. The number of hydrogen-bond donors (Lipinski definition) is 2. The Morgan fingerprint density at radius 2 is 2.07 bits per heavy atom. The number of amidine groups is 1. The normalized spacial score (nSPS) is 16.0. The fourth-order valence-corrected chi connectivity index (χ4v) is 0.938. The van der Waals surface area contributed by atoms with Crippen molar-refractivity contribution in [2.24, 2.45) is 10.9 Å². The summed E-state index contributed by atoms with van der Waals surface area (Å²) >= 11 is 0. The van der Waals surface area contributed by atoms with E-state index in [4.69, 9.17) is 10.9 Å². The van der Waals surface area contributed by atoms with E-state index in [1.165, 1.54) is 7.05 Å². The first kappa shape index (κ1) is 13.0. The molecule has 0 heterocycles. The molecule has 0 aliphatic carbocycles. The second-order valence-electron chi connectivity index (χ2n) is 3.17. The van der Waals surface area contributed by atoms with Crippen molar-refractivity contribution in [3.05, 3.63) is 0 Å². The van der Waals surface area contributed by atoms with Crippen molar-refractivity contribution in [2.45, 2.75) is 25.6 Å². The van der Waals surface area contributed by atoms with Crippen molar-refractivity contribution in [2.75, 3.05) is 13.6 Å². The maximum atomic E-state index is 11.9. The first-order valence-electron chi connectivity index (χ1n) is 3.99. The van der Waals surface area contributed by atoms with Gasteiger partial charge in [0.05, 0.1) is 6.54 Å². The number of rotatable bonds is 4. The molecule has 0 spiro atoms. The summed E-state index contributed by atoms with van der Waals surface area (Å²) in [5.41, 5.74) is 5.17. The standard InChI is InChI=1S/C7H14F3N3O/c1-5(3-6(11)12-14)13(2)4-7(8,9)10/h5,14H,3-4H2,1-2H3,(H2,11,12). The smallest absolute Gasteiger partial charge is 0.401 e. The van der Waals surface area contributed by atoms with Crippen LogP contribution in [0.25, 0.3) is 0 Å². The van der Waals surface area contributed by atoms with E-state index in [1.807, 2.05) is 0 Å². The molecular weight excluding hydrogens is 199 g/mol. The van der Waals surface area contributed by atoms with E-state index < -0.39 is 18.8 Å². The van der Waals surface area contributed by atoms with E-state index >= 15 is 0 Å². The van der Waals surface area contributed by atoms with Crippen molar-refractivity contribution in [3.63, 3.8) is 0 Å². The highest BCUT2D eigenvalue weighted by atomic mass is 19.4. The van der Waals surface area contributed by atoms with Gasteiger partial charge < -0.3 is 10.9 Å². The Balaban J connectivity index is 4.06. The molecule has 0 aromatic rings. The summed E-state index contributed by atoms with van der Waals surface area (Å²) in [6.45, 7) is 0.566.